The second-order valence-electron chi connectivity index (χ2n) is 4.25. The van der Waals surface area contributed by atoms with Crippen LogP contribution in [0, 0.1) is 0 Å². The second-order valence-corrected chi connectivity index (χ2v) is 4.69. The molecule has 18 heavy (non-hydrogen) atoms. The highest BCUT2D eigenvalue weighted by molar-refractivity contribution is 6.31. The molecule has 0 saturated heterocycles. The van der Waals surface area contributed by atoms with E-state index in [1.165, 1.54) is 0 Å². The molecule has 5 heteroatoms. The normalized spacial score (nSPS) is 10.5. The number of amides is 1. The van der Waals surface area contributed by atoms with Crippen LogP contribution in [0.15, 0.2) is 18.2 Å². The molecule has 1 rings (SSSR count). The Hall–Kier alpha value is -1.26. The first-order chi connectivity index (χ1) is 8.52. The molecule has 0 spiro atoms. The topological polar surface area (TPSA) is 50.4 Å². The van der Waals surface area contributed by atoms with Crippen LogP contribution in [0.25, 0.3) is 0 Å². The molecular formula is C13H19ClN2O2. The summed E-state index contributed by atoms with van der Waals surface area (Å²) >= 11 is 5.88. The number of ether oxygens (including phenoxy) is 1. The summed E-state index contributed by atoms with van der Waals surface area (Å²) in [5.41, 5.74) is 0.597. The van der Waals surface area contributed by atoms with Crippen LogP contribution in [0.3, 0.4) is 0 Å². The zero-order valence-electron chi connectivity index (χ0n) is 10.9. The Morgan fingerprint density at radius 3 is 2.78 bits per heavy atom. The molecule has 0 bridgehead atoms. The first-order valence-electron chi connectivity index (χ1n) is 5.89. The first-order valence-corrected chi connectivity index (χ1v) is 6.27. The molecule has 0 atom stereocenters. The number of rotatable bonds is 6. The number of carbonyl (C=O) groups is 1. The number of carbonyl (C=O) groups excluding carboxylic acids is 1. The lowest BCUT2D eigenvalue weighted by Gasteiger charge is -2.11. The van der Waals surface area contributed by atoms with Crippen molar-refractivity contribution in [3.8, 4) is 5.75 Å². The van der Waals surface area contributed by atoms with E-state index in [9.17, 15) is 4.79 Å². The van der Waals surface area contributed by atoms with Crippen LogP contribution >= 0.6 is 11.6 Å². The lowest BCUT2D eigenvalue weighted by molar-refractivity contribution is -0.116. The SMILES string of the molecule is COc1ccc(Cl)cc1NC(=O)CCNC(C)C. The maximum absolute atomic E-state index is 11.7. The van der Waals surface area contributed by atoms with E-state index >= 15 is 0 Å². The zero-order chi connectivity index (χ0) is 13.5. The zero-order valence-corrected chi connectivity index (χ0v) is 11.7. The summed E-state index contributed by atoms with van der Waals surface area (Å²) in [5, 5.41) is 6.53. The Labute approximate surface area is 113 Å². The lowest BCUT2D eigenvalue weighted by Crippen LogP contribution is -2.27. The van der Waals surface area contributed by atoms with Crippen LogP contribution in [-0.4, -0.2) is 25.6 Å². The van der Waals surface area contributed by atoms with Gasteiger partial charge >= 0.3 is 0 Å². The van der Waals surface area contributed by atoms with Crippen LogP contribution in [-0.2, 0) is 4.79 Å². The molecule has 0 aliphatic rings. The highest BCUT2D eigenvalue weighted by Gasteiger charge is 2.08. The van der Waals surface area contributed by atoms with Crippen molar-refractivity contribution in [3.63, 3.8) is 0 Å². The van der Waals surface area contributed by atoms with Crippen LogP contribution in [0.1, 0.15) is 20.3 Å². The highest BCUT2D eigenvalue weighted by Crippen LogP contribution is 2.27. The molecule has 0 fully saturated rings. The Balaban J connectivity index is 2.55. The Kier molecular flexibility index (Phi) is 5.95. The molecule has 0 saturated carbocycles. The van der Waals surface area contributed by atoms with Crippen molar-refractivity contribution in [2.24, 2.45) is 0 Å². The van der Waals surface area contributed by atoms with Gasteiger partial charge in [0.05, 0.1) is 12.8 Å². The summed E-state index contributed by atoms with van der Waals surface area (Å²) in [4.78, 5) is 11.7. The number of nitrogens with one attached hydrogen (secondary N) is 2. The summed E-state index contributed by atoms with van der Waals surface area (Å²) < 4.78 is 5.15. The fourth-order valence-corrected chi connectivity index (χ4v) is 1.64. The van der Waals surface area contributed by atoms with Crippen molar-refractivity contribution in [2.45, 2.75) is 26.3 Å². The molecule has 0 unspecified atom stereocenters. The average molecular weight is 271 g/mol. The summed E-state index contributed by atoms with van der Waals surface area (Å²) in [5.74, 6) is 0.535. The number of halogens is 1. The van der Waals surface area contributed by atoms with Crippen LogP contribution in [0.4, 0.5) is 5.69 Å². The van der Waals surface area contributed by atoms with Gasteiger partial charge in [0.25, 0.3) is 0 Å². The van der Waals surface area contributed by atoms with E-state index in [1.807, 2.05) is 13.8 Å². The van der Waals surface area contributed by atoms with E-state index in [-0.39, 0.29) is 5.91 Å². The smallest absolute Gasteiger partial charge is 0.225 e. The third kappa shape index (κ3) is 4.94. The molecule has 1 aromatic rings. The van der Waals surface area contributed by atoms with Gasteiger partial charge in [-0.25, -0.2) is 0 Å². The summed E-state index contributed by atoms with van der Waals surface area (Å²) in [6.07, 6.45) is 0.411. The molecule has 1 aromatic carbocycles. The number of benzene rings is 1. The molecule has 0 heterocycles. The molecule has 100 valence electrons. The van der Waals surface area contributed by atoms with Crippen molar-refractivity contribution in [1.82, 2.24) is 5.32 Å². The third-order valence-electron chi connectivity index (χ3n) is 2.34. The van der Waals surface area contributed by atoms with Crippen molar-refractivity contribution in [1.29, 1.82) is 0 Å². The van der Waals surface area contributed by atoms with E-state index in [2.05, 4.69) is 10.6 Å². The maximum atomic E-state index is 11.7. The standard InChI is InChI=1S/C13H19ClN2O2/c1-9(2)15-7-6-13(17)16-11-8-10(14)4-5-12(11)18-3/h4-5,8-9,15H,6-7H2,1-3H3,(H,16,17). The van der Waals surface area contributed by atoms with Gasteiger partial charge in [-0.1, -0.05) is 25.4 Å². The maximum Gasteiger partial charge on any atom is 0.225 e. The molecule has 4 nitrogen and oxygen atoms in total. The minimum atomic E-state index is -0.0660. The van der Waals surface area contributed by atoms with Crippen molar-refractivity contribution < 1.29 is 9.53 Å². The van der Waals surface area contributed by atoms with Gasteiger partial charge in [0.2, 0.25) is 5.91 Å². The summed E-state index contributed by atoms with van der Waals surface area (Å²) in [7, 11) is 1.55. The fraction of sp³-hybridized carbons (Fsp3) is 0.462. The number of hydrogen-bond donors (Lipinski definition) is 2. The van der Waals surface area contributed by atoms with E-state index in [0.717, 1.165) is 0 Å². The van der Waals surface area contributed by atoms with Gasteiger partial charge in [0, 0.05) is 24.0 Å². The van der Waals surface area contributed by atoms with Crippen molar-refractivity contribution in [2.75, 3.05) is 19.0 Å². The van der Waals surface area contributed by atoms with E-state index in [4.69, 9.17) is 16.3 Å². The van der Waals surface area contributed by atoms with E-state index < -0.39 is 0 Å². The summed E-state index contributed by atoms with van der Waals surface area (Å²) in [6.45, 7) is 4.72. The lowest BCUT2D eigenvalue weighted by atomic mass is 10.2. The van der Waals surface area contributed by atoms with E-state index in [1.54, 1.807) is 25.3 Å². The molecule has 2 N–H and O–H groups in total. The van der Waals surface area contributed by atoms with Gasteiger partial charge in [-0.15, -0.1) is 0 Å². The van der Waals surface area contributed by atoms with Crippen LogP contribution in [0.2, 0.25) is 5.02 Å². The summed E-state index contributed by atoms with van der Waals surface area (Å²) in [6, 6.07) is 5.49. The Bertz CT molecular complexity index is 408. The van der Waals surface area contributed by atoms with Gasteiger partial charge in [-0.05, 0) is 18.2 Å². The quantitative estimate of drug-likeness (QED) is 0.836. The van der Waals surface area contributed by atoms with Crippen molar-refractivity contribution in [3.05, 3.63) is 23.2 Å². The number of hydrogen-bond acceptors (Lipinski definition) is 3. The monoisotopic (exact) mass is 270 g/mol. The second kappa shape index (κ2) is 7.24. The minimum Gasteiger partial charge on any atom is -0.495 e. The van der Waals surface area contributed by atoms with E-state index in [0.29, 0.717) is 35.5 Å². The predicted molar refractivity (Wildman–Crippen MR) is 74.4 cm³/mol. The molecule has 1 amide bonds. The molecule has 0 radical (unpaired) electrons. The van der Waals surface area contributed by atoms with Gasteiger partial charge < -0.3 is 15.4 Å². The molecule has 0 aliphatic carbocycles. The van der Waals surface area contributed by atoms with Crippen LogP contribution in [0.5, 0.6) is 5.75 Å². The Morgan fingerprint density at radius 1 is 1.44 bits per heavy atom. The van der Waals surface area contributed by atoms with Crippen molar-refractivity contribution >= 4 is 23.2 Å². The molecule has 0 aromatic heterocycles. The molecule has 0 aliphatic heterocycles. The predicted octanol–water partition coefficient (Wildman–Crippen LogP) is 2.68. The van der Waals surface area contributed by atoms with Gasteiger partial charge in [-0.3, -0.25) is 4.79 Å². The minimum absolute atomic E-state index is 0.0660. The molecular weight excluding hydrogens is 252 g/mol. The van der Waals surface area contributed by atoms with Crippen LogP contribution < -0.4 is 15.4 Å². The Morgan fingerprint density at radius 2 is 2.17 bits per heavy atom. The number of anilines is 1. The first kappa shape index (κ1) is 14.8. The van der Waals surface area contributed by atoms with Gasteiger partial charge in [0.15, 0.2) is 0 Å². The largest absolute Gasteiger partial charge is 0.495 e. The highest BCUT2D eigenvalue weighted by atomic mass is 35.5. The average Bonchev–Trinajstić information content (AvgIpc) is 2.28. The van der Waals surface area contributed by atoms with Gasteiger partial charge in [0.1, 0.15) is 5.75 Å². The fourth-order valence-electron chi connectivity index (χ4n) is 1.46. The third-order valence-corrected chi connectivity index (χ3v) is 2.58. The number of methoxy groups -OCH3 is 1. The van der Waals surface area contributed by atoms with Gasteiger partial charge in [-0.2, -0.15) is 0 Å².